The molecule has 3 rings (SSSR count). The zero-order chi connectivity index (χ0) is 16.9. The number of ether oxygens (including phenoxy) is 1. The summed E-state index contributed by atoms with van der Waals surface area (Å²) in [6.45, 7) is 2.15. The van der Waals surface area contributed by atoms with E-state index >= 15 is 0 Å². The molecule has 5 heteroatoms. The summed E-state index contributed by atoms with van der Waals surface area (Å²) >= 11 is 6.09. The van der Waals surface area contributed by atoms with E-state index in [0.717, 1.165) is 12.8 Å². The number of hydrogen-bond acceptors (Lipinski definition) is 3. The normalized spacial score (nSPS) is 14.0. The number of benzene rings is 2. The van der Waals surface area contributed by atoms with Crippen LogP contribution in [0.15, 0.2) is 42.5 Å². The van der Waals surface area contributed by atoms with Gasteiger partial charge in [-0.2, -0.15) is 0 Å². The molecule has 126 valence electrons. The number of fused-ring (bicyclic) bond motifs is 1. The first-order valence-corrected chi connectivity index (χ1v) is 8.55. The van der Waals surface area contributed by atoms with E-state index in [1.165, 1.54) is 11.1 Å². The molecule has 4 nitrogen and oxygen atoms in total. The van der Waals surface area contributed by atoms with E-state index < -0.39 is 0 Å². The third-order valence-electron chi connectivity index (χ3n) is 4.26. The van der Waals surface area contributed by atoms with Crippen molar-refractivity contribution in [2.45, 2.75) is 12.8 Å². The van der Waals surface area contributed by atoms with Crippen molar-refractivity contribution in [1.82, 2.24) is 4.90 Å². The summed E-state index contributed by atoms with van der Waals surface area (Å²) < 4.78 is 5.62. The Kier molecular flexibility index (Phi) is 5.38. The highest BCUT2D eigenvalue weighted by Crippen LogP contribution is 2.26. The zero-order valence-electron chi connectivity index (χ0n) is 13.5. The van der Waals surface area contributed by atoms with Gasteiger partial charge in [-0.15, -0.1) is 0 Å². The fourth-order valence-electron chi connectivity index (χ4n) is 3.01. The Hall–Kier alpha value is -2.04. The van der Waals surface area contributed by atoms with Crippen LogP contribution in [-0.2, 0) is 12.8 Å². The van der Waals surface area contributed by atoms with E-state index in [9.17, 15) is 4.79 Å². The van der Waals surface area contributed by atoms with Crippen LogP contribution in [0.25, 0.3) is 0 Å². The molecule has 1 heterocycles. The Labute approximate surface area is 147 Å². The largest absolute Gasteiger partial charge is 0.491 e. The number of carbonyl (C=O) groups is 1. The van der Waals surface area contributed by atoms with Crippen molar-refractivity contribution < 1.29 is 9.53 Å². The van der Waals surface area contributed by atoms with Gasteiger partial charge in [-0.25, -0.2) is 0 Å². The van der Waals surface area contributed by atoms with E-state index in [1.54, 1.807) is 18.2 Å². The van der Waals surface area contributed by atoms with Crippen LogP contribution in [0.5, 0.6) is 5.75 Å². The molecule has 24 heavy (non-hydrogen) atoms. The molecular weight excluding hydrogens is 324 g/mol. The molecule has 2 N–H and O–H groups in total. The van der Waals surface area contributed by atoms with Gasteiger partial charge in [0, 0.05) is 24.7 Å². The van der Waals surface area contributed by atoms with Crippen LogP contribution in [0.4, 0.5) is 0 Å². The van der Waals surface area contributed by atoms with Gasteiger partial charge >= 0.3 is 0 Å². The molecule has 1 aliphatic heterocycles. The molecule has 0 spiro atoms. The van der Waals surface area contributed by atoms with Crippen molar-refractivity contribution in [3.63, 3.8) is 0 Å². The third-order valence-corrected chi connectivity index (χ3v) is 4.49. The first-order valence-electron chi connectivity index (χ1n) is 8.17. The lowest BCUT2D eigenvalue weighted by Crippen LogP contribution is -2.33. The second-order valence-corrected chi connectivity index (χ2v) is 6.27. The molecule has 0 atom stereocenters. The minimum atomic E-state index is -0.0441. The fraction of sp³-hybridized carbons (Fsp3) is 0.316. The van der Waals surface area contributed by atoms with E-state index in [1.807, 2.05) is 17.0 Å². The number of halogens is 1. The molecule has 0 aromatic heterocycles. The minimum absolute atomic E-state index is 0.0441. The van der Waals surface area contributed by atoms with E-state index in [2.05, 4.69) is 12.1 Å². The highest BCUT2D eigenvalue weighted by Gasteiger charge is 2.22. The van der Waals surface area contributed by atoms with E-state index in [0.29, 0.717) is 42.6 Å². The van der Waals surface area contributed by atoms with Crippen molar-refractivity contribution in [3.05, 3.63) is 64.2 Å². The highest BCUT2D eigenvalue weighted by molar-refractivity contribution is 6.31. The van der Waals surface area contributed by atoms with Crippen LogP contribution >= 0.6 is 11.6 Å². The molecular formula is C19H21ClN2O2. The maximum Gasteiger partial charge on any atom is 0.257 e. The lowest BCUT2D eigenvalue weighted by atomic mass is 10.0. The number of carbonyl (C=O) groups excluding carboxylic acids is 1. The Bertz CT molecular complexity index is 706. The van der Waals surface area contributed by atoms with Gasteiger partial charge < -0.3 is 15.4 Å². The van der Waals surface area contributed by atoms with Gasteiger partial charge in [-0.1, -0.05) is 35.9 Å². The van der Waals surface area contributed by atoms with Crippen LogP contribution in [0.3, 0.4) is 0 Å². The molecule has 0 fully saturated rings. The number of nitrogens with two attached hydrogens (primary N) is 1. The summed E-state index contributed by atoms with van der Waals surface area (Å²) in [6.07, 6.45) is 1.73. The first kappa shape index (κ1) is 16.8. The summed E-state index contributed by atoms with van der Waals surface area (Å²) in [5, 5.41) is 0.525. The predicted molar refractivity (Wildman–Crippen MR) is 95.8 cm³/mol. The van der Waals surface area contributed by atoms with Crippen LogP contribution in [0, 0.1) is 0 Å². The molecule has 0 aliphatic carbocycles. The monoisotopic (exact) mass is 344 g/mol. The van der Waals surface area contributed by atoms with Crippen LogP contribution in [0.1, 0.15) is 21.5 Å². The molecule has 0 saturated heterocycles. The van der Waals surface area contributed by atoms with Gasteiger partial charge in [0.1, 0.15) is 12.4 Å². The van der Waals surface area contributed by atoms with Gasteiger partial charge in [-0.05, 0) is 42.2 Å². The molecule has 0 bridgehead atoms. The van der Waals surface area contributed by atoms with Gasteiger partial charge in [-0.3, -0.25) is 4.79 Å². The topological polar surface area (TPSA) is 55.6 Å². The lowest BCUT2D eigenvalue weighted by Gasteiger charge is -2.22. The molecule has 2 aromatic rings. The van der Waals surface area contributed by atoms with Crippen molar-refractivity contribution >= 4 is 17.5 Å². The zero-order valence-corrected chi connectivity index (χ0v) is 14.3. The molecule has 0 saturated carbocycles. The molecule has 1 aliphatic rings. The van der Waals surface area contributed by atoms with E-state index in [-0.39, 0.29) is 5.91 Å². The Morgan fingerprint density at radius 2 is 1.79 bits per heavy atom. The van der Waals surface area contributed by atoms with Crippen molar-refractivity contribution in [2.75, 3.05) is 26.2 Å². The third kappa shape index (κ3) is 3.71. The summed E-state index contributed by atoms with van der Waals surface area (Å²) in [6, 6.07) is 13.5. The number of rotatable bonds is 4. The van der Waals surface area contributed by atoms with Gasteiger partial charge in [0.15, 0.2) is 0 Å². The smallest absolute Gasteiger partial charge is 0.257 e. The summed E-state index contributed by atoms with van der Waals surface area (Å²) in [5.41, 5.74) is 8.64. The maximum absolute atomic E-state index is 13.0. The maximum atomic E-state index is 13.0. The predicted octanol–water partition coefficient (Wildman–Crippen LogP) is 2.92. The second kappa shape index (κ2) is 7.69. The average molecular weight is 345 g/mol. The van der Waals surface area contributed by atoms with Crippen LogP contribution < -0.4 is 10.5 Å². The Morgan fingerprint density at radius 1 is 1.12 bits per heavy atom. The minimum Gasteiger partial charge on any atom is -0.491 e. The standard InChI is InChI=1S/C19H21ClN2O2/c20-16-5-6-18(24-12-9-21)17(13-16)19(23)22-10-7-14-3-1-2-4-15(14)8-11-22/h1-6,13H,7-12,21H2. The summed E-state index contributed by atoms with van der Waals surface area (Å²) in [5.74, 6) is 0.494. The van der Waals surface area contributed by atoms with Crippen molar-refractivity contribution in [2.24, 2.45) is 5.73 Å². The van der Waals surface area contributed by atoms with Gasteiger partial charge in [0.2, 0.25) is 0 Å². The lowest BCUT2D eigenvalue weighted by molar-refractivity contribution is 0.0758. The van der Waals surface area contributed by atoms with Crippen molar-refractivity contribution in [3.8, 4) is 5.75 Å². The van der Waals surface area contributed by atoms with Crippen LogP contribution in [-0.4, -0.2) is 37.0 Å². The summed E-state index contributed by atoms with van der Waals surface area (Å²) in [4.78, 5) is 14.9. The SMILES string of the molecule is NCCOc1ccc(Cl)cc1C(=O)N1CCc2ccccc2CC1. The fourth-order valence-corrected chi connectivity index (χ4v) is 3.18. The molecule has 0 radical (unpaired) electrons. The van der Waals surface area contributed by atoms with Gasteiger partial charge in [0.05, 0.1) is 5.56 Å². The number of amides is 1. The second-order valence-electron chi connectivity index (χ2n) is 5.84. The molecule has 2 aromatic carbocycles. The van der Waals surface area contributed by atoms with E-state index in [4.69, 9.17) is 22.1 Å². The average Bonchev–Trinajstić information content (AvgIpc) is 2.83. The summed E-state index contributed by atoms with van der Waals surface area (Å²) in [7, 11) is 0. The number of hydrogen-bond donors (Lipinski definition) is 1. The highest BCUT2D eigenvalue weighted by atomic mass is 35.5. The Balaban J connectivity index is 1.81. The molecule has 1 amide bonds. The first-order chi connectivity index (χ1) is 11.7. The molecule has 0 unspecified atom stereocenters. The quantitative estimate of drug-likeness (QED) is 0.927. The van der Waals surface area contributed by atoms with Gasteiger partial charge in [0.25, 0.3) is 5.91 Å². The van der Waals surface area contributed by atoms with Crippen LogP contribution in [0.2, 0.25) is 5.02 Å². The van der Waals surface area contributed by atoms with Crippen molar-refractivity contribution in [1.29, 1.82) is 0 Å². The Morgan fingerprint density at radius 3 is 2.42 bits per heavy atom. The number of nitrogens with zero attached hydrogens (tertiary/aromatic N) is 1.